The van der Waals surface area contributed by atoms with Crippen LogP contribution >= 0.6 is 11.6 Å². The lowest BCUT2D eigenvalue weighted by molar-refractivity contribution is 0.883. The van der Waals surface area contributed by atoms with E-state index in [1.807, 2.05) is 38.4 Å². The van der Waals surface area contributed by atoms with E-state index >= 15 is 0 Å². The molecule has 0 aromatic heterocycles. The van der Waals surface area contributed by atoms with Gasteiger partial charge >= 0.3 is 0 Å². The fraction of sp³-hybridized carbons (Fsp3) is 0.250. The lowest BCUT2D eigenvalue weighted by Crippen LogP contribution is -2.14. The van der Waals surface area contributed by atoms with E-state index in [0.29, 0.717) is 0 Å². The fourth-order valence-corrected chi connectivity index (χ4v) is 2.18. The van der Waals surface area contributed by atoms with Crippen molar-refractivity contribution >= 4 is 23.0 Å². The molecule has 1 unspecified atom stereocenters. The molecule has 2 rings (SSSR count). The van der Waals surface area contributed by atoms with Gasteiger partial charge in [-0.15, -0.1) is 0 Å². The van der Waals surface area contributed by atoms with Crippen LogP contribution in [0.2, 0.25) is 5.02 Å². The molecule has 1 atom stereocenters. The molecule has 0 bridgehead atoms. The Morgan fingerprint density at radius 3 is 2.26 bits per heavy atom. The molecular formula is C16H19ClN2. The summed E-state index contributed by atoms with van der Waals surface area (Å²) in [6.45, 7) is 2.15. The van der Waals surface area contributed by atoms with Crippen LogP contribution in [0.15, 0.2) is 48.5 Å². The molecule has 19 heavy (non-hydrogen) atoms. The van der Waals surface area contributed by atoms with Gasteiger partial charge in [0.05, 0.1) is 11.4 Å². The number of para-hydroxylation sites is 2. The van der Waals surface area contributed by atoms with Crippen LogP contribution in [0.25, 0.3) is 0 Å². The van der Waals surface area contributed by atoms with Gasteiger partial charge in [0.1, 0.15) is 0 Å². The van der Waals surface area contributed by atoms with Gasteiger partial charge in [-0.1, -0.05) is 35.9 Å². The number of nitrogens with one attached hydrogen (secondary N) is 1. The highest BCUT2D eigenvalue weighted by molar-refractivity contribution is 6.30. The van der Waals surface area contributed by atoms with Crippen LogP contribution in [0, 0.1) is 0 Å². The SMILES string of the molecule is CC(Nc1ccccc1N(C)C)c1ccc(Cl)cc1. The first-order chi connectivity index (χ1) is 9.08. The molecule has 0 heterocycles. The summed E-state index contributed by atoms with van der Waals surface area (Å²) >= 11 is 5.92. The average molecular weight is 275 g/mol. The van der Waals surface area contributed by atoms with Gasteiger partial charge in [0.2, 0.25) is 0 Å². The Morgan fingerprint density at radius 1 is 1.00 bits per heavy atom. The minimum atomic E-state index is 0.235. The largest absolute Gasteiger partial charge is 0.377 e. The van der Waals surface area contributed by atoms with Crippen LogP contribution in [-0.2, 0) is 0 Å². The van der Waals surface area contributed by atoms with E-state index in [0.717, 1.165) is 10.7 Å². The van der Waals surface area contributed by atoms with Crippen LogP contribution in [0.1, 0.15) is 18.5 Å². The predicted molar refractivity (Wildman–Crippen MR) is 84.3 cm³/mol. The molecular weight excluding hydrogens is 256 g/mol. The molecule has 2 aromatic rings. The van der Waals surface area contributed by atoms with E-state index in [1.54, 1.807) is 0 Å². The smallest absolute Gasteiger partial charge is 0.0596 e. The highest BCUT2D eigenvalue weighted by Gasteiger charge is 2.08. The third kappa shape index (κ3) is 3.42. The topological polar surface area (TPSA) is 15.3 Å². The summed E-state index contributed by atoms with van der Waals surface area (Å²) in [5.74, 6) is 0. The quantitative estimate of drug-likeness (QED) is 0.878. The average Bonchev–Trinajstić information content (AvgIpc) is 2.39. The number of hydrogen-bond acceptors (Lipinski definition) is 2. The second kappa shape index (κ2) is 5.98. The van der Waals surface area contributed by atoms with Crippen LogP contribution in [0.5, 0.6) is 0 Å². The van der Waals surface area contributed by atoms with E-state index in [9.17, 15) is 0 Å². The summed E-state index contributed by atoms with van der Waals surface area (Å²) in [6.07, 6.45) is 0. The molecule has 0 saturated carbocycles. The number of anilines is 2. The lowest BCUT2D eigenvalue weighted by Gasteiger charge is -2.22. The molecule has 2 nitrogen and oxygen atoms in total. The Bertz CT molecular complexity index is 535. The molecule has 0 spiro atoms. The Hall–Kier alpha value is -1.67. The van der Waals surface area contributed by atoms with Gasteiger partial charge in [0, 0.05) is 25.2 Å². The maximum Gasteiger partial charge on any atom is 0.0596 e. The molecule has 0 aliphatic carbocycles. The van der Waals surface area contributed by atoms with Crippen molar-refractivity contribution in [3.63, 3.8) is 0 Å². The molecule has 3 heteroatoms. The first-order valence-electron chi connectivity index (χ1n) is 6.36. The van der Waals surface area contributed by atoms with E-state index in [-0.39, 0.29) is 6.04 Å². The standard InChI is InChI=1S/C16H19ClN2/c1-12(13-8-10-14(17)11-9-13)18-15-6-4-5-7-16(15)19(2)3/h4-12,18H,1-3H3. The van der Waals surface area contributed by atoms with Crippen LogP contribution < -0.4 is 10.2 Å². The number of hydrogen-bond donors (Lipinski definition) is 1. The third-order valence-electron chi connectivity index (χ3n) is 3.13. The van der Waals surface area contributed by atoms with Crippen molar-refractivity contribution < 1.29 is 0 Å². The zero-order valence-electron chi connectivity index (χ0n) is 11.5. The van der Waals surface area contributed by atoms with Crippen molar-refractivity contribution in [1.82, 2.24) is 0 Å². The first-order valence-corrected chi connectivity index (χ1v) is 6.74. The molecule has 0 aliphatic rings. The molecule has 0 radical (unpaired) electrons. The maximum atomic E-state index is 5.92. The Balaban J connectivity index is 2.19. The minimum absolute atomic E-state index is 0.235. The highest BCUT2D eigenvalue weighted by Crippen LogP contribution is 2.28. The van der Waals surface area contributed by atoms with Crippen molar-refractivity contribution in [1.29, 1.82) is 0 Å². The molecule has 0 fully saturated rings. The van der Waals surface area contributed by atoms with Crippen LogP contribution in [0.4, 0.5) is 11.4 Å². The normalized spacial score (nSPS) is 12.0. The van der Waals surface area contributed by atoms with Crippen molar-refractivity contribution in [2.45, 2.75) is 13.0 Å². The summed E-state index contributed by atoms with van der Waals surface area (Å²) in [5.41, 5.74) is 3.54. The van der Waals surface area contributed by atoms with E-state index in [2.05, 4.69) is 41.4 Å². The second-order valence-electron chi connectivity index (χ2n) is 4.83. The highest BCUT2D eigenvalue weighted by atomic mass is 35.5. The van der Waals surface area contributed by atoms with Gasteiger partial charge in [-0.25, -0.2) is 0 Å². The summed E-state index contributed by atoms with van der Waals surface area (Å²) in [4.78, 5) is 2.11. The van der Waals surface area contributed by atoms with Gasteiger partial charge in [-0.2, -0.15) is 0 Å². The Morgan fingerprint density at radius 2 is 1.63 bits per heavy atom. The van der Waals surface area contributed by atoms with Crippen LogP contribution in [-0.4, -0.2) is 14.1 Å². The first kappa shape index (κ1) is 13.8. The lowest BCUT2D eigenvalue weighted by atomic mass is 10.1. The van der Waals surface area contributed by atoms with Gasteiger partial charge in [-0.05, 0) is 36.8 Å². The summed E-state index contributed by atoms with van der Waals surface area (Å²) in [5, 5.41) is 4.31. The van der Waals surface area contributed by atoms with Crippen molar-refractivity contribution in [2.24, 2.45) is 0 Å². The van der Waals surface area contributed by atoms with Gasteiger partial charge in [0.25, 0.3) is 0 Å². The van der Waals surface area contributed by atoms with Gasteiger partial charge in [-0.3, -0.25) is 0 Å². The van der Waals surface area contributed by atoms with Crippen molar-refractivity contribution in [3.05, 3.63) is 59.1 Å². The molecule has 2 aromatic carbocycles. The number of halogens is 1. The maximum absolute atomic E-state index is 5.92. The second-order valence-corrected chi connectivity index (χ2v) is 5.27. The molecule has 1 N–H and O–H groups in total. The predicted octanol–water partition coefficient (Wildman–Crippen LogP) is 4.58. The third-order valence-corrected chi connectivity index (χ3v) is 3.38. The minimum Gasteiger partial charge on any atom is -0.377 e. The molecule has 0 aliphatic heterocycles. The van der Waals surface area contributed by atoms with Crippen molar-refractivity contribution in [3.8, 4) is 0 Å². The summed E-state index contributed by atoms with van der Waals surface area (Å²) < 4.78 is 0. The molecule has 0 saturated heterocycles. The zero-order chi connectivity index (χ0) is 13.8. The number of benzene rings is 2. The van der Waals surface area contributed by atoms with Crippen molar-refractivity contribution in [2.75, 3.05) is 24.3 Å². The Labute approximate surface area is 120 Å². The van der Waals surface area contributed by atoms with E-state index in [1.165, 1.54) is 11.3 Å². The fourth-order valence-electron chi connectivity index (χ4n) is 2.05. The molecule has 0 amide bonds. The van der Waals surface area contributed by atoms with E-state index < -0.39 is 0 Å². The van der Waals surface area contributed by atoms with Gasteiger partial charge in [0.15, 0.2) is 0 Å². The Kier molecular flexibility index (Phi) is 4.33. The van der Waals surface area contributed by atoms with E-state index in [4.69, 9.17) is 11.6 Å². The monoisotopic (exact) mass is 274 g/mol. The van der Waals surface area contributed by atoms with Crippen LogP contribution in [0.3, 0.4) is 0 Å². The summed E-state index contributed by atoms with van der Waals surface area (Å²) in [7, 11) is 4.10. The van der Waals surface area contributed by atoms with Gasteiger partial charge < -0.3 is 10.2 Å². The molecule has 100 valence electrons. The number of rotatable bonds is 4. The summed E-state index contributed by atoms with van der Waals surface area (Å²) in [6, 6.07) is 16.5. The zero-order valence-corrected chi connectivity index (χ0v) is 12.3. The number of nitrogens with zero attached hydrogens (tertiary/aromatic N) is 1.